The van der Waals surface area contributed by atoms with Crippen molar-refractivity contribution in [3.05, 3.63) is 24.2 Å². The molecule has 0 aliphatic carbocycles. The SMILES string of the molecule is C#CCCNC(C)c1ccco1. The molecule has 0 fully saturated rings. The van der Waals surface area contributed by atoms with Gasteiger partial charge in [0.25, 0.3) is 0 Å². The number of hydrogen-bond donors (Lipinski definition) is 1. The second kappa shape index (κ2) is 4.63. The van der Waals surface area contributed by atoms with Crippen LogP contribution >= 0.6 is 0 Å². The van der Waals surface area contributed by atoms with Crippen LogP contribution in [0.5, 0.6) is 0 Å². The molecule has 0 saturated carbocycles. The molecule has 1 aromatic rings. The Balaban J connectivity index is 2.30. The minimum atomic E-state index is 0.244. The molecule has 1 atom stereocenters. The Morgan fingerprint density at radius 3 is 3.17 bits per heavy atom. The lowest BCUT2D eigenvalue weighted by Crippen LogP contribution is -2.18. The van der Waals surface area contributed by atoms with Crippen LogP contribution in [0.15, 0.2) is 22.8 Å². The monoisotopic (exact) mass is 163 g/mol. The van der Waals surface area contributed by atoms with E-state index in [1.807, 2.05) is 12.1 Å². The van der Waals surface area contributed by atoms with Gasteiger partial charge in [0, 0.05) is 13.0 Å². The third kappa shape index (κ3) is 2.44. The topological polar surface area (TPSA) is 25.2 Å². The molecule has 0 spiro atoms. The van der Waals surface area contributed by atoms with Gasteiger partial charge in [-0.15, -0.1) is 12.3 Å². The lowest BCUT2D eigenvalue weighted by molar-refractivity contribution is 0.434. The molecule has 0 aliphatic rings. The molecule has 0 bridgehead atoms. The van der Waals surface area contributed by atoms with Gasteiger partial charge in [0.15, 0.2) is 0 Å². The van der Waals surface area contributed by atoms with Gasteiger partial charge < -0.3 is 9.73 Å². The normalized spacial score (nSPS) is 12.3. The maximum Gasteiger partial charge on any atom is 0.120 e. The van der Waals surface area contributed by atoms with Crippen LogP contribution in [0, 0.1) is 12.3 Å². The Bertz CT molecular complexity index is 245. The van der Waals surface area contributed by atoms with Crippen LogP contribution in [0.1, 0.15) is 25.1 Å². The van der Waals surface area contributed by atoms with Crippen molar-refractivity contribution < 1.29 is 4.42 Å². The molecular formula is C10H13NO. The highest BCUT2D eigenvalue weighted by Crippen LogP contribution is 2.11. The van der Waals surface area contributed by atoms with E-state index in [2.05, 4.69) is 18.2 Å². The summed E-state index contributed by atoms with van der Waals surface area (Å²) in [6.45, 7) is 2.88. The molecule has 1 aromatic heterocycles. The Kier molecular flexibility index (Phi) is 3.43. The molecule has 2 nitrogen and oxygen atoms in total. The van der Waals surface area contributed by atoms with Crippen molar-refractivity contribution in [1.82, 2.24) is 5.32 Å². The number of rotatable bonds is 4. The Labute approximate surface area is 73.0 Å². The first kappa shape index (κ1) is 8.89. The van der Waals surface area contributed by atoms with E-state index >= 15 is 0 Å². The predicted octanol–water partition coefficient (Wildman–Crippen LogP) is 1.95. The molecule has 1 rings (SSSR count). The summed E-state index contributed by atoms with van der Waals surface area (Å²) < 4.78 is 5.21. The van der Waals surface area contributed by atoms with E-state index in [9.17, 15) is 0 Å². The molecule has 1 N–H and O–H groups in total. The van der Waals surface area contributed by atoms with Gasteiger partial charge >= 0.3 is 0 Å². The van der Waals surface area contributed by atoms with Crippen molar-refractivity contribution in [1.29, 1.82) is 0 Å². The van der Waals surface area contributed by atoms with Crippen molar-refractivity contribution in [3.63, 3.8) is 0 Å². The summed E-state index contributed by atoms with van der Waals surface area (Å²) in [6.07, 6.45) is 7.55. The number of hydrogen-bond acceptors (Lipinski definition) is 2. The summed E-state index contributed by atoms with van der Waals surface area (Å²) in [5.41, 5.74) is 0. The second-order valence-corrected chi connectivity index (χ2v) is 2.65. The smallest absolute Gasteiger partial charge is 0.120 e. The van der Waals surface area contributed by atoms with Crippen LogP contribution in [0.25, 0.3) is 0 Å². The molecule has 0 aromatic carbocycles. The van der Waals surface area contributed by atoms with E-state index < -0.39 is 0 Å². The van der Waals surface area contributed by atoms with Crippen molar-refractivity contribution in [2.45, 2.75) is 19.4 Å². The maximum atomic E-state index is 5.21. The quantitative estimate of drug-likeness (QED) is 0.542. The van der Waals surface area contributed by atoms with Crippen LogP contribution in [-0.4, -0.2) is 6.54 Å². The third-order valence-corrected chi connectivity index (χ3v) is 1.69. The summed E-state index contributed by atoms with van der Waals surface area (Å²) >= 11 is 0. The van der Waals surface area contributed by atoms with Crippen LogP contribution in [0.3, 0.4) is 0 Å². The van der Waals surface area contributed by atoms with Crippen molar-refractivity contribution >= 4 is 0 Å². The predicted molar refractivity (Wildman–Crippen MR) is 48.6 cm³/mol. The lowest BCUT2D eigenvalue weighted by Gasteiger charge is -2.08. The van der Waals surface area contributed by atoms with Crippen LogP contribution in [0.4, 0.5) is 0 Å². The molecule has 0 amide bonds. The van der Waals surface area contributed by atoms with Gasteiger partial charge in [0.1, 0.15) is 5.76 Å². The van der Waals surface area contributed by atoms with Gasteiger partial charge in [-0.3, -0.25) is 0 Å². The number of furan rings is 1. The Morgan fingerprint density at radius 2 is 2.58 bits per heavy atom. The van der Waals surface area contributed by atoms with Crippen LogP contribution in [0.2, 0.25) is 0 Å². The van der Waals surface area contributed by atoms with Crippen molar-refractivity contribution in [3.8, 4) is 12.3 Å². The van der Waals surface area contributed by atoms with E-state index in [1.165, 1.54) is 0 Å². The summed E-state index contributed by atoms with van der Waals surface area (Å²) in [7, 11) is 0. The van der Waals surface area contributed by atoms with Gasteiger partial charge in [-0.2, -0.15) is 0 Å². The van der Waals surface area contributed by atoms with Gasteiger partial charge in [0.05, 0.1) is 12.3 Å². The van der Waals surface area contributed by atoms with E-state index in [0.717, 1.165) is 18.7 Å². The van der Waals surface area contributed by atoms with E-state index in [1.54, 1.807) is 6.26 Å². The molecule has 1 unspecified atom stereocenters. The average Bonchev–Trinajstić information content (AvgIpc) is 2.56. The van der Waals surface area contributed by atoms with Gasteiger partial charge in [0.2, 0.25) is 0 Å². The summed E-state index contributed by atoms with van der Waals surface area (Å²) in [5, 5.41) is 3.25. The summed E-state index contributed by atoms with van der Waals surface area (Å²) in [4.78, 5) is 0. The van der Waals surface area contributed by atoms with Crippen molar-refractivity contribution in [2.75, 3.05) is 6.54 Å². The third-order valence-electron chi connectivity index (χ3n) is 1.69. The number of terminal acetylenes is 1. The zero-order valence-corrected chi connectivity index (χ0v) is 7.21. The van der Waals surface area contributed by atoms with E-state index in [-0.39, 0.29) is 6.04 Å². The van der Waals surface area contributed by atoms with Crippen LogP contribution < -0.4 is 5.32 Å². The first-order valence-electron chi connectivity index (χ1n) is 4.05. The van der Waals surface area contributed by atoms with Gasteiger partial charge in [-0.25, -0.2) is 0 Å². The van der Waals surface area contributed by atoms with Gasteiger partial charge in [-0.1, -0.05) is 0 Å². The highest BCUT2D eigenvalue weighted by atomic mass is 16.3. The molecule has 0 radical (unpaired) electrons. The molecule has 0 saturated heterocycles. The van der Waals surface area contributed by atoms with Crippen LogP contribution in [-0.2, 0) is 0 Å². The minimum absolute atomic E-state index is 0.244. The minimum Gasteiger partial charge on any atom is -0.468 e. The molecule has 0 aliphatic heterocycles. The summed E-state index contributed by atoms with van der Waals surface area (Å²) in [5.74, 6) is 3.53. The highest BCUT2D eigenvalue weighted by Gasteiger charge is 2.05. The molecular weight excluding hydrogens is 150 g/mol. The summed E-state index contributed by atoms with van der Waals surface area (Å²) in [6, 6.07) is 4.08. The standard InChI is InChI=1S/C10H13NO/c1-3-4-7-11-9(2)10-6-5-8-12-10/h1,5-6,8-9,11H,4,7H2,2H3. The fourth-order valence-corrected chi connectivity index (χ4v) is 0.999. The maximum absolute atomic E-state index is 5.21. The Hall–Kier alpha value is -1.20. The zero-order chi connectivity index (χ0) is 8.81. The fraction of sp³-hybridized carbons (Fsp3) is 0.400. The lowest BCUT2D eigenvalue weighted by atomic mass is 10.2. The first-order valence-corrected chi connectivity index (χ1v) is 4.05. The second-order valence-electron chi connectivity index (χ2n) is 2.65. The largest absolute Gasteiger partial charge is 0.468 e. The Morgan fingerprint density at radius 1 is 1.75 bits per heavy atom. The van der Waals surface area contributed by atoms with Gasteiger partial charge in [-0.05, 0) is 19.1 Å². The molecule has 1 heterocycles. The van der Waals surface area contributed by atoms with E-state index in [0.29, 0.717) is 0 Å². The van der Waals surface area contributed by atoms with Crippen molar-refractivity contribution in [2.24, 2.45) is 0 Å². The molecule has 64 valence electrons. The molecule has 2 heteroatoms. The first-order chi connectivity index (χ1) is 5.84. The van der Waals surface area contributed by atoms with E-state index in [4.69, 9.17) is 10.8 Å². The highest BCUT2D eigenvalue weighted by molar-refractivity contribution is 5.03. The molecule has 12 heavy (non-hydrogen) atoms. The number of nitrogens with one attached hydrogen (secondary N) is 1. The fourth-order valence-electron chi connectivity index (χ4n) is 0.999. The zero-order valence-electron chi connectivity index (χ0n) is 7.21. The average molecular weight is 163 g/mol.